The molecule has 0 saturated heterocycles. The highest BCUT2D eigenvalue weighted by Gasteiger charge is 1.95. The van der Waals surface area contributed by atoms with E-state index in [-0.39, 0.29) is 0 Å². The minimum absolute atomic E-state index is 0.716. The lowest BCUT2D eigenvalue weighted by Gasteiger charge is -2.05. The zero-order chi connectivity index (χ0) is 13.1. The summed E-state index contributed by atoms with van der Waals surface area (Å²) in [6, 6.07) is 8.28. The van der Waals surface area contributed by atoms with E-state index in [0.29, 0.717) is 6.61 Å². The maximum Gasteiger partial charge on any atom is 0.0717 e. The SMILES string of the molecule is CCCNCCCCCOCc1cccc(Br)c1. The van der Waals surface area contributed by atoms with Gasteiger partial charge in [0, 0.05) is 11.1 Å². The minimum atomic E-state index is 0.716. The van der Waals surface area contributed by atoms with Gasteiger partial charge in [-0.05, 0) is 56.5 Å². The van der Waals surface area contributed by atoms with Crippen LogP contribution >= 0.6 is 15.9 Å². The van der Waals surface area contributed by atoms with Crippen molar-refractivity contribution in [2.45, 2.75) is 39.2 Å². The molecule has 1 aromatic rings. The summed E-state index contributed by atoms with van der Waals surface area (Å²) in [5, 5.41) is 3.41. The second-order valence-electron chi connectivity index (χ2n) is 4.49. The average Bonchev–Trinajstić information content (AvgIpc) is 2.37. The zero-order valence-electron chi connectivity index (χ0n) is 11.3. The topological polar surface area (TPSA) is 21.3 Å². The van der Waals surface area contributed by atoms with E-state index in [2.05, 4.69) is 40.3 Å². The zero-order valence-corrected chi connectivity index (χ0v) is 12.8. The van der Waals surface area contributed by atoms with Crippen molar-refractivity contribution in [1.82, 2.24) is 5.32 Å². The van der Waals surface area contributed by atoms with Crippen molar-refractivity contribution >= 4 is 15.9 Å². The van der Waals surface area contributed by atoms with Gasteiger partial charge in [-0.1, -0.05) is 35.0 Å². The van der Waals surface area contributed by atoms with Crippen LogP contribution in [0.25, 0.3) is 0 Å². The first-order valence-electron chi connectivity index (χ1n) is 6.86. The van der Waals surface area contributed by atoms with E-state index in [0.717, 1.165) is 30.6 Å². The van der Waals surface area contributed by atoms with Crippen LogP contribution in [0.1, 0.15) is 38.2 Å². The number of nitrogens with one attached hydrogen (secondary N) is 1. The molecule has 1 N–H and O–H groups in total. The molecule has 1 rings (SSSR count). The number of hydrogen-bond acceptors (Lipinski definition) is 2. The molecule has 0 fully saturated rings. The fraction of sp³-hybridized carbons (Fsp3) is 0.600. The molecular formula is C15H24BrNO. The molecule has 18 heavy (non-hydrogen) atoms. The minimum Gasteiger partial charge on any atom is -0.377 e. The van der Waals surface area contributed by atoms with Gasteiger partial charge in [0.15, 0.2) is 0 Å². The molecule has 3 heteroatoms. The predicted octanol–water partition coefficient (Wildman–Crippen LogP) is 4.14. The van der Waals surface area contributed by atoms with E-state index in [1.54, 1.807) is 0 Å². The average molecular weight is 314 g/mol. The van der Waals surface area contributed by atoms with Crippen molar-refractivity contribution in [2.75, 3.05) is 19.7 Å². The number of hydrogen-bond donors (Lipinski definition) is 1. The normalized spacial score (nSPS) is 10.8. The maximum absolute atomic E-state index is 5.66. The van der Waals surface area contributed by atoms with E-state index in [1.165, 1.54) is 24.8 Å². The van der Waals surface area contributed by atoms with E-state index in [4.69, 9.17) is 4.74 Å². The predicted molar refractivity (Wildman–Crippen MR) is 80.8 cm³/mol. The number of unbranched alkanes of at least 4 members (excludes halogenated alkanes) is 2. The molecule has 0 aromatic heterocycles. The smallest absolute Gasteiger partial charge is 0.0717 e. The second-order valence-corrected chi connectivity index (χ2v) is 5.41. The van der Waals surface area contributed by atoms with Crippen molar-refractivity contribution in [3.63, 3.8) is 0 Å². The van der Waals surface area contributed by atoms with E-state index in [9.17, 15) is 0 Å². The van der Waals surface area contributed by atoms with Crippen LogP contribution in [-0.2, 0) is 11.3 Å². The standard InChI is InChI=1S/C15H24BrNO/c1-2-9-17-10-4-3-5-11-18-13-14-7-6-8-15(16)12-14/h6-8,12,17H,2-5,9-11,13H2,1H3. The van der Waals surface area contributed by atoms with Gasteiger partial charge in [0.05, 0.1) is 6.61 Å². The first-order chi connectivity index (χ1) is 8.83. The van der Waals surface area contributed by atoms with Crippen LogP contribution in [0.2, 0.25) is 0 Å². The molecule has 0 aliphatic heterocycles. The van der Waals surface area contributed by atoms with Crippen LogP contribution < -0.4 is 5.32 Å². The molecule has 0 bridgehead atoms. The van der Waals surface area contributed by atoms with Gasteiger partial charge < -0.3 is 10.1 Å². The maximum atomic E-state index is 5.66. The summed E-state index contributed by atoms with van der Waals surface area (Å²) in [6.07, 6.45) is 4.87. The van der Waals surface area contributed by atoms with Gasteiger partial charge >= 0.3 is 0 Å². The highest BCUT2D eigenvalue weighted by atomic mass is 79.9. The molecule has 0 atom stereocenters. The van der Waals surface area contributed by atoms with Crippen molar-refractivity contribution in [2.24, 2.45) is 0 Å². The Morgan fingerprint density at radius 1 is 1.17 bits per heavy atom. The number of halogens is 1. The molecule has 0 unspecified atom stereocenters. The van der Waals surface area contributed by atoms with Crippen LogP contribution in [0.4, 0.5) is 0 Å². The Kier molecular flexibility index (Phi) is 9.17. The molecule has 1 aromatic carbocycles. The van der Waals surface area contributed by atoms with Crippen LogP contribution in [0.3, 0.4) is 0 Å². The molecule has 102 valence electrons. The van der Waals surface area contributed by atoms with Crippen molar-refractivity contribution < 1.29 is 4.74 Å². The Balaban J connectivity index is 1.92. The third-order valence-corrected chi connectivity index (χ3v) is 3.22. The third kappa shape index (κ3) is 7.85. The lowest BCUT2D eigenvalue weighted by Crippen LogP contribution is -2.15. The van der Waals surface area contributed by atoms with Gasteiger partial charge in [-0.2, -0.15) is 0 Å². The lowest BCUT2D eigenvalue weighted by atomic mass is 10.2. The van der Waals surface area contributed by atoms with E-state index < -0.39 is 0 Å². The molecule has 0 saturated carbocycles. The highest BCUT2D eigenvalue weighted by molar-refractivity contribution is 9.10. The fourth-order valence-electron chi connectivity index (χ4n) is 1.75. The molecule has 0 aliphatic rings. The monoisotopic (exact) mass is 313 g/mol. The second kappa shape index (κ2) is 10.5. The molecule has 0 spiro atoms. The van der Waals surface area contributed by atoms with Gasteiger partial charge in [0.25, 0.3) is 0 Å². The number of benzene rings is 1. The van der Waals surface area contributed by atoms with Crippen LogP contribution in [0.15, 0.2) is 28.7 Å². The Morgan fingerprint density at radius 2 is 2.06 bits per heavy atom. The molecule has 0 heterocycles. The summed E-state index contributed by atoms with van der Waals surface area (Å²) >= 11 is 3.46. The first-order valence-corrected chi connectivity index (χ1v) is 7.65. The van der Waals surface area contributed by atoms with Crippen LogP contribution in [-0.4, -0.2) is 19.7 Å². The lowest BCUT2D eigenvalue weighted by molar-refractivity contribution is 0.117. The molecule has 2 nitrogen and oxygen atoms in total. The number of rotatable bonds is 10. The van der Waals surface area contributed by atoms with Gasteiger partial charge in [-0.25, -0.2) is 0 Å². The quantitative estimate of drug-likeness (QED) is 0.656. The van der Waals surface area contributed by atoms with Crippen molar-refractivity contribution in [3.8, 4) is 0 Å². The first kappa shape index (κ1) is 15.7. The summed E-state index contributed by atoms with van der Waals surface area (Å²) in [6.45, 7) is 6.05. The molecule has 0 aliphatic carbocycles. The summed E-state index contributed by atoms with van der Waals surface area (Å²) in [7, 11) is 0. The summed E-state index contributed by atoms with van der Waals surface area (Å²) < 4.78 is 6.78. The fourth-order valence-corrected chi connectivity index (χ4v) is 2.20. The van der Waals surface area contributed by atoms with E-state index >= 15 is 0 Å². The van der Waals surface area contributed by atoms with E-state index in [1.807, 2.05) is 12.1 Å². The summed E-state index contributed by atoms with van der Waals surface area (Å²) in [5.74, 6) is 0. The highest BCUT2D eigenvalue weighted by Crippen LogP contribution is 2.12. The Hall–Kier alpha value is -0.380. The van der Waals surface area contributed by atoms with Crippen LogP contribution in [0, 0.1) is 0 Å². The van der Waals surface area contributed by atoms with Gasteiger partial charge in [0.1, 0.15) is 0 Å². The van der Waals surface area contributed by atoms with Gasteiger partial charge in [-0.15, -0.1) is 0 Å². The summed E-state index contributed by atoms with van der Waals surface area (Å²) in [4.78, 5) is 0. The number of ether oxygens (including phenoxy) is 1. The molecule has 0 radical (unpaired) electrons. The Labute approximate surface area is 119 Å². The van der Waals surface area contributed by atoms with Gasteiger partial charge in [0.2, 0.25) is 0 Å². The third-order valence-electron chi connectivity index (χ3n) is 2.73. The summed E-state index contributed by atoms with van der Waals surface area (Å²) in [5.41, 5.74) is 1.23. The Morgan fingerprint density at radius 3 is 2.83 bits per heavy atom. The largest absolute Gasteiger partial charge is 0.377 e. The van der Waals surface area contributed by atoms with Gasteiger partial charge in [-0.3, -0.25) is 0 Å². The van der Waals surface area contributed by atoms with Crippen molar-refractivity contribution in [1.29, 1.82) is 0 Å². The Bertz CT molecular complexity index is 317. The van der Waals surface area contributed by atoms with Crippen molar-refractivity contribution in [3.05, 3.63) is 34.3 Å². The molecule has 0 amide bonds. The molecular weight excluding hydrogens is 290 g/mol. The van der Waals surface area contributed by atoms with Crippen LogP contribution in [0.5, 0.6) is 0 Å².